The normalized spacial score (nSPS) is 18.2. The number of carbonyl (C=O) groups excluding carboxylic acids is 1. The number of pyridine rings is 1. The minimum Gasteiger partial charge on any atom is -0.478 e. The molecule has 0 bridgehead atoms. The number of piperidine rings is 1. The number of amides is 1. The van der Waals surface area contributed by atoms with Crippen LogP contribution in [0.3, 0.4) is 0 Å². The number of imidazole rings is 1. The van der Waals surface area contributed by atoms with Gasteiger partial charge in [0.25, 0.3) is 5.91 Å². The van der Waals surface area contributed by atoms with Crippen LogP contribution in [0.1, 0.15) is 36.2 Å². The number of nitrogens with zero attached hydrogens (tertiary/aromatic N) is 4. The van der Waals surface area contributed by atoms with Gasteiger partial charge in [0.05, 0.1) is 24.5 Å². The Labute approximate surface area is 129 Å². The van der Waals surface area contributed by atoms with E-state index in [1.165, 1.54) is 0 Å². The Balaban J connectivity index is 1.68. The molecule has 6 heteroatoms. The van der Waals surface area contributed by atoms with Crippen LogP contribution in [0.25, 0.3) is 0 Å². The fourth-order valence-corrected chi connectivity index (χ4v) is 2.79. The van der Waals surface area contributed by atoms with E-state index in [-0.39, 0.29) is 5.91 Å². The SMILES string of the molecule is CCOc1ccc(C(=O)N2CCCC(n3ccnc3)C2)cn1. The van der Waals surface area contributed by atoms with Gasteiger partial charge in [0.15, 0.2) is 0 Å². The largest absolute Gasteiger partial charge is 0.478 e. The lowest BCUT2D eigenvalue weighted by atomic mass is 10.0. The Morgan fingerprint density at radius 3 is 3.05 bits per heavy atom. The number of likely N-dealkylation sites (tertiary alicyclic amines) is 1. The van der Waals surface area contributed by atoms with Crippen molar-refractivity contribution in [1.29, 1.82) is 0 Å². The van der Waals surface area contributed by atoms with Crippen LogP contribution in [-0.2, 0) is 0 Å². The molecule has 3 heterocycles. The highest BCUT2D eigenvalue weighted by Crippen LogP contribution is 2.22. The van der Waals surface area contributed by atoms with Crippen molar-refractivity contribution < 1.29 is 9.53 Å². The van der Waals surface area contributed by atoms with Crippen LogP contribution in [0.2, 0.25) is 0 Å². The summed E-state index contributed by atoms with van der Waals surface area (Å²) in [5, 5.41) is 0. The van der Waals surface area contributed by atoms with E-state index in [9.17, 15) is 4.79 Å². The number of hydrogen-bond acceptors (Lipinski definition) is 4. The number of aromatic nitrogens is 3. The zero-order chi connectivity index (χ0) is 15.4. The molecule has 22 heavy (non-hydrogen) atoms. The summed E-state index contributed by atoms with van der Waals surface area (Å²) in [7, 11) is 0. The maximum Gasteiger partial charge on any atom is 0.255 e. The summed E-state index contributed by atoms with van der Waals surface area (Å²) in [6.07, 6.45) is 9.21. The third-order valence-corrected chi connectivity index (χ3v) is 3.91. The van der Waals surface area contributed by atoms with Crippen LogP contribution < -0.4 is 4.74 Å². The average Bonchev–Trinajstić information content (AvgIpc) is 3.10. The standard InChI is InChI=1S/C16H20N4O2/c1-2-22-15-6-5-13(10-18-15)16(21)19-8-3-4-14(11-19)20-9-7-17-12-20/h5-7,9-10,12,14H,2-4,8,11H2,1H3. The molecule has 0 radical (unpaired) electrons. The van der Waals surface area contributed by atoms with E-state index in [0.717, 1.165) is 19.4 Å². The molecule has 116 valence electrons. The van der Waals surface area contributed by atoms with Gasteiger partial charge in [-0.3, -0.25) is 4.79 Å². The zero-order valence-corrected chi connectivity index (χ0v) is 12.7. The maximum atomic E-state index is 12.6. The van der Waals surface area contributed by atoms with Crippen LogP contribution in [0.15, 0.2) is 37.1 Å². The molecule has 1 atom stereocenters. The Hall–Kier alpha value is -2.37. The third kappa shape index (κ3) is 3.10. The molecule has 1 aliphatic rings. The Morgan fingerprint density at radius 1 is 1.45 bits per heavy atom. The molecule has 2 aromatic heterocycles. The van der Waals surface area contributed by atoms with Gasteiger partial charge in [-0.2, -0.15) is 0 Å². The molecule has 3 rings (SSSR count). The Morgan fingerprint density at radius 2 is 2.36 bits per heavy atom. The molecule has 1 unspecified atom stereocenters. The van der Waals surface area contributed by atoms with Crippen molar-refractivity contribution in [1.82, 2.24) is 19.4 Å². The zero-order valence-electron chi connectivity index (χ0n) is 12.7. The van der Waals surface area contributed by atoms with Crippen LogP contribution >= 0.6 is 0 Å². The highest BCUT2D eigenvalue weighted by atomic mass is 16.5. The first-order valence-electron chi connectivity index (χ1n) is 7.63. The van der Waals surface area contributed by atoms with E-state index in [1.54, 1.807) is 24.5 Å². The Kier molecular flexibility index (Phi) is 4.37. The highest BCUT2D eigenvalue weighted by molar-refractivity contribution is 5.94. The molecule has 2 aromatic rings. The molecular weight excluding hydrogens is 280 g/mol. The van der Waals surface area contributed by atoms with Crippen molar-refractivity contribution in [3.8, 4) is 5.88 Å². The minimum absolute atomic E-state index is 0.0281. The predicted octanol–water partition coefficient (Wildman–Crippen LogP) is 2.15. The summed E-state index contributed by atoms with van der Waals surface area (Å²) in [5.74, 6) is 0.578. The van der Waals surface area contributed by atoms with Gasteiger partial charge in [-0.1, -0.05) is 0 Å². The van der Waals surface area contributed by atoms with Gasteiger partial charge in [-0.15, -0.1) is 0 Å². The predicted molar refractivity (Wildman–Crippen MR) is 81.8 cm³/mol. The molecule has 0 saturated carbocycles. The summed E-state index contributed by atoms with van der Waals surface area (Å²) in [5.41, 5.74) is 0.606. The topological polar surface area (TPSA) is 60.2 Å². The first-order valence-corrected chi connectivity index (χ1v) is 7.63. The van der Waals surface area contributed by atoms with E-state index in [4.69, 9.17) is 4.74 Å². The molecule has 0 spiro atoms. The lowest BCUT2D eigenvalue weighted by Crippen LogP contribution is -2.40. The number of hydrogen-bond donors (Lipinski definition) is 0. The molecule has 6 nitrogen and oxygen atoms in total. The molecule has 1 saturated heterocycles. The van der Waals surface area contributed by atoms with Crippen LogP contribution in [0, 0.1) is 0 Å². The van der Waals surface area contributed by atoms with E-state index >= 15 is 0 Å². The third-order valence-electron chi connectivity index (χ3n) is 3.91. The van der Waals surface area contributed by atoms with Crippen molar-refractivity contribution >= 4 is 5.91 Å². The first-order chi connectivity index (χ1) is 10.8. The fraction of sp³-hybridized carbons (Fsp3) is 0.438. The van der Waals surface area contributed by atoms with Crippen molar-refractivity contribution in [3.05, 3.63) is 42.6 Å². The maximum absolute atomic E-state index is 12.6. The summed E-state index contributed by atoms with van der Waals surface area (Å²) in [4.78, 5) is 22.8. The molecule has 1 fully saturated rings. The number of ether oxygens (including phenoxy) is 1. The molecule has 1 amide bonds. The minimum atomic E-state index is 0.0281. The highest BCUT2D eigenvalue weighted by Gasteiger charge is 2.25. The van der Waals surface area contributed by atoms with Crippen molar-refractivity contribution in [2.75, 3.05) is 19.7 Å². The van der Waals surface area contributed by atoms with Gasteiger partial charge >= 0.3 is 0 Å². The monoisotopic (exact) mass is 300 g/mol. The molecule has 0 aromatic carbocycles. The molecule has 1 aliphatic heterocycles. The van der Waals surface area contributed by atoms with Gasteiger partial charge < -0.3 is 14.2 Å². The quantitative estimate of drug-likeness (QED) is 0.868. The van der Waals surface area contributed by atoms with Gasteiger partial charge in [0, 0.05) is 37.7 Å². The summed E-state index contributed by atoms with van der Waals surface area (Å²) in [6.45, 7) is 3.98. The summed E-state index contributed by atoms with van der Waals surface area (Å²) >= 11 is 0. The fourth-order valence-electron chi connectivity index (χ4n) is 2.79. The lowest BCUT2D eigenvalue weighted by Gasteiger charge is -2.33. The average molecular weight is 300 g/mol. The van der Waals surface area contributed by atoms with E-state index in [0.29, 0.717) is 30.6 Å². The van der Waals surface area contributed by atoms with Crippen molar-refractivity contribution in [2.45, 2.75) is 25.8 Å². The van der Waals surface area contributed by atoms with E-state index < -0.39 is 0 Å². The van der Waals surface area contributed by atoms with Gasteiger partial charge in [-0.05, 0) is 25.8 Å². The number of rotatable bonds is 4. The number of carbonyl (C=O) groups is 1. The molecule has 0 N–H and O–H groups in total. The first kappa shape index (κ1) is 14.6. The lowest BCUT2D eigenvalue weighted by molar-refractivity contribution is 0.0679. The van der Waals surface area contributed by atoms with Crippen molar-refractivity contribution in [2.24, 2.45) is 0 Å². The van der Waals surface area contributed by atoms with Crippen LogP contribution in [0.4, 0.5) is 0 Å². The second kappa shape index (κ2) is 6.60. The Bertz CT molecular complexity index is 610. The summed E-state index contributed by atoms with van der Waals surface area (Å²) in [6, 6.07) is 3.82. The van der Waals surface area contributed by atoms with E-state index in [1.807, 2.05) is 24.3 Å². The van der Waals surface area contributed by atoms with Crippen LogP contribution in [-0.4, -0.2) is 45.0 Å². The second-order valence-electron chi connectivity index (χ2n) is 5.38. The van der Waals surface area contributed by atoms with Gasteiger partial charge in [0.1, 0.15) is 0 Å². The van der Waals surface area contributed by atoms with Crippen molar-refractivity contribution in [3.63, 3.8) is 0 Å². The van der Waals surface area contributed by atoms with E-state index in [2.05, 4.69) is 14.5 Å². The van der Waals surface area contributed by atoms with Crippen LogP contribution in [0.5, 0.6) is 5.88 Å². The molecular formula is C16H20N4O2. The second-order valence-corrected chi connectivity index (χ2v) is 5.38. The molecule has 0 aliphatic carbocycles. The smallest absolute Gasteiger partial charge is 0.255 e. The summed E-state index contributed by atoms with van der Waals surface area (Å²) < 4.78 is 7.39. The van der Waals surface area contributed by atoms with Gasteiger partial charge in [-0.25, -0.2) is 9.97 Å². The van der Waals surface area contributed by atoms with Gasteiger partial charge in [0.2, 0.25) is 5.88 Å².